The van der Waals surface area contributed by atoms with Gasteiger partial charge in [0.05, 0.1) is 6.20 Å². The molecule has 0 atom stereocenters. The second-order valence-corrected chi connectivity index (χ2v) is 3.98. The summed E-state index contributed by atoms with van der Waals surface area (Å²) in [5.74, 6) is 0. The maximum absolute atomic E-state index is 4.18. The summed E-state index contributed by atoms with van der Waals surface area (Å²) >= 11 is 1.84. The molecule has 1 saturated carbocycles. The van der Waals surface area contributed by atoms with Crippen molar-refractivity contribution in [1.29, 1.82) is 0 Å². The first kappa shape index (κ1) is 6.28. The minimum Gasteiger partial charge on any atom is -0.214 e. The normalized spacial score (nSPS) is 17.7. The van der Waals surface area contributed by atoms with Gasteiger partial charge in [0, 0.05) is 11.4 Å². The van der Waals surface area contributed by atoms with Crippen LogP contribution in [0.5, 0.6) is 0 Å². The van der Waals surface area contributed by atoms with E-state index in [0.29, 0.717) is 0 Å². The first-order valence-corrected chi connectivity index (χ1v) is 4.37. The van der Waals surface area contributed by atoms with Crippen LogP contribution in [0.3, 0.4) is 0 Å². The Morgan fingerprint density at radius 1 is 1.70 bits per heavy atom. The molecule has 0 unspecified atom stereocenters. The summed E-state index contributed by atoms with van der Waals surface area (Å²) in [5.41, 5.74) is 1.24. The lowest BCUT2D eigenvalue weighted by Crippen LogP contribution is -1.87. The lowest BCUT2D eigenvalue weighted by atomic mass is 10.4. The summed E-state index contributed by atoms with van der Waals surface area (Å²) in [6.45, 7) is 2.07. The van der Waals surface area contributed by atoms with Crippen LogP contribution in [-0.4, -0.2) is 14.4 Å². The van der Waals surface area contributed by atoms with Crippen molar-refractivity contribution >= 4 is 11.9 Å². The Morgan fingerprint density at radius 2 is 2.50 bits per heavy atom. The van der Waals surface area contributed by atoms with Crippen molar-refractivity contribution in [3.05, 3.63) is 18.0 Å². The van der Waals surface area contributed by atoms with Crippen molar-refractivity contribution in [3.8, 4) is 0 Å². The lowest BCUT2D eigenvalue weighted by Gasteiger charge is -1.94. The molecule has 0 bridgehead atoms. The minimum atomic E-state index is 0.847. The molecule has 0 spiro atoms. The molecule has 1 aliphatic rings. The average molecular weight is 154 g/mol. The third-order valence-corrected chi connectivity index (χ3v) is 2.66. The van der Waals surface area contributed by atoms with E-state index in [4.69, 9.17) is 0 Å². The van der Waals surface area contributed by atoms with Gasteiger partial charge in [-0.25, -0.2) is 4.09 Å². The van der Waals surface area contributed by atoms with Gasteiger partial charge in [-0.3, -0.25) is 0 Å². The van der Waals surface area contributed by atoms with Gasteiger partial charge in [-0.15, -0.1) is 0 Å². The van der Waals surface area contributed by atoms with Crippen molar-refractivity contribution in [1.82, 2.24) is 9.19 Å². The maximum atomic E-state index is 4.18. The van der Waals surface area contributed by atoms with Crippen molar-refractivity contribution in [2.75, 3.05) is 0 Å². The molecule has 0 aromatic carbocycles. The van der Waals surface area contributed by atoms with E-state index in [9.17, 15) is 0 Å². The van der Waals surface area contributed by atoms with Gasteiger partial charge in [0.25, 0.3) is 0 Å². The summed E-state index contributed by atoms with van der Waals surface area (Å²) in [7, 11) is 0. The van der Waals surface area contributed by atoms with Crippen LogP contribution in [0.1, 0.15) is 18.4 Å². The number of aryl methyl sites for hydroxylation is 1. The highest BCUT2D eigenvalue weighted by Gasteiger charge is 2.23. The molecule has 0 amide bonds. The topological polar surface area (TPSA) is 17.8 Å². The van der Waals surface area contributed by atoms with Crippen LogP contribution in [0.4, 0.5) is 0 Å². The third-order valence-electron chi connectivity index (χ3n) is 1.47. The quantitative estimate of drug-likeness (QED) is 0.647. The standard InChI is InChI=1S/C7H10N2S/c1-6-4-8-9(5-6)10-7-2-3-7/h4-5,7H,2-3H2,1H3. The number of hydrogen-bond acceptors (Lipinski definition) is 2. The molecular formula is C7H10N2S. The highest BCUT2D eigenvalue weighted by atomic mass is 32.2. The van der Waals surface area contributed by atoms with Crippen LogP contribution in [-0.2, 0) is 0 Å². The largest absolute Gasteiger partial charge is 0.214 e. The molecule has 0 N–H and O–H groups in total. The third kappa shape index (κ3) is 1.34. The van der Waals surface area contributed by atoms with Crippen molar-refractivity contribution in [3.63, 3.8) is 0 Å². The molecule has 3 heteroatoms. The Balaban J connectivity index is 2.03. The first-order chi connectivity index (χ1) is 4.84. The Morgan fingerprint density at radius 3 is 3.00 bits per heavy atom. The number of hydrogen-bond donors (Lipinski definition) is 0. The van der Waals surface area contributed by atoms with Crippen LogP contribution >= 0.6 is 11.9 Å². The average Bonchev–Trinajstić information content (AvgIpc) is 2.59. The molecule has 2 rings (SSSR count). The van der Waals surface area contributed by atoms with E-state index in [-0.39, 0.29) is 0 Å². The van der Waals surface area contributed by atoms with Crippen molar-refractivity contribution < 1.29 is 0 Å². The predicted octanol–water partition coefficient (Wildman–Crippen LogP) is 1.85. The van der Waals surface area contributed by atoms with Gasteiger partial charge < -0.3 is 0 Å². The van der Waals surface area contributed by atoms with E-state index < -0.39 is 0 Å². The molecule has 1 aromatic rings. The Kier molecular flexibility index (Phi) is 1.45. The molecule has 1 aliphatic carbocycles. The fourth-order valence-electron chi connectivity index (χ4n) is 0.773. The van der Waals surface area contributed by atoms with E-state index in [1.165, 1.54) is 18.4 Å². The fraction of sp³-hybridized carbons (Fsp3) is 0.571. The molecule has 0 aliphatic heterocycles. The maximum Gasteiger partial charge on any atom is 0.0529 e. The zero-order valence-electron chi connectivity index (χ0n) is 5.95. The molecule has 1 heterocycles. The summed E-state index contributed by atoms with van der Waals surface area (Å²) in [6.07, 6.45) is 6.70. The van der Waals surface area contributed by atoms with Gasteiger partial charge >= 0.3 is 0 Å². The molecule has 0 saturated heterocycles. The second kappa shape index (κ2) is 2.31. The molecule has 10 heavy (non-hydrogen) atoms. The lowest BCUT2D eigenvalue weighted by molar-refractivity contribution is 1.01. The van der Waals surface area contributed by atoms with Gasteiger partial charge in [0.1, 0.15) is 0 Å². The van der Waals surface area contributed by atoms with Gasteiger partial charge in [-0.05, 0) is 37.3 Å². The van der Waals surface area contributed by atoms with Gasteiger partial charge in [-0.2, -0.15) is 5.10 Å². The van der Waals surface area contributed by atoms with Gasteiger partial charge in [0.15, 0.2) is 0 Å². The van der Waals surface area contributed by atoms with Crippen molar-refractivity contribution in [2.45, 2.75) is 25.0 Å². The second-order valence-electron chi connectivity index (χ2n) is 2.72. The highest BCUT2D eigenvalue weighted by molar-refractivity contribution is 7.98. The molecule has 1 fully saturated rings. The minimum absolute atomic E-state index is 0.847. The van der Waals surface area contributed by atoms with Gasteiger partial charge in [-0.1, -0.05) is 0 Å². The smallest absolute Gasteiger partial charge is 0.0529 e. The zero-order chi connectivity index (χ0) is 6.97. The summed E-state index contributed by atoms with van der Waals surface area (Å²) < 4.78 is 1.97. The summed E-state index contributed by atoms with van der Waals surface area (Å²) in [4.78, 5) is 0. The number of nitrogens with zero attached hydrogens (tertiary/aromatic N) is 2. The molecular weight excluding hydrogens is 144 g/mol. The van der Waals surface area contributed by atoms with E-state index in [2.05, 4.69) is 18.2 Å². The molecule has 2 nitrogen and oxygen atoms in total. The van der Waals surface area contributed by atoms with E-state index in [1.807, 2.05) is 22.2 Å². The Bertz CT molecular complexity index is 227. The van der Waals surface area contributed by atoms with Gasteiger partial charge in [0.2, 0.25) is 0 Å². The molecule has 0 radical (unpaired) electrons. The van der Waals surface area contributed by atoms with Crippen LogP contribution < -0.4 is 0 Å². The van der Waals surface area contributed by atoms with E-state index in [1.54, 1.807) is 0 Å². The number of aromatic nitrogens is 2. The van der Waals surface area contributed by atoms with Crippen LogP contribution in [0.2, 0.25) is 0 Å². The summed E-state index contributed by atoms with van der Waals surface area (Å²) in [5, 5.41) is 5.02. The number of rotatable bonds is 2. The highest BCUT2D eigenvalue weighted by Crippen LogP contribution is 2.34. The van der Waals surface area contributed by atoms with Crippen LogP contribution in [0.25, 0.3) is 0 Å². The first-order valence-electron chi connectivity index (χ1n) is 3.53. The zero-order valence-corrected chi connectivity index (χ0v) is 6.77. The Labute approximate surface area is 64.8 Å². The van der Waals surface area contributed by atoms with E-state index in [0.717, 1.165) is 5.25 Å². The SMILES string of the molecule is Cc1cnn(SC2CC2)c1. The monoisotopic (exact) mass is 154 g/mol. The van der Waals surface area contributed by atoms with Crippen LogP contribution in [0.15, 0.2) is 12.4 Å². The predicted molar refractivity (Wildman–Crippen MR) is 43.0 cm³/mol. The van der Waals surface area contributed by atoms with E-state index >= 15 is 0 Å². The summed E-state index contributed by atoms with van der Waals surface area (Å²) in [6, 6.07) is 0. The van der Waals surface area contributed by atoms with Crippen LogP contribution in [0, 0.1) is 6.92 Å². The molecule has 1 aromatic heterocycles. The fourth-order valence-corrected chi connectivity index (χ4v) is 1.75. The molecule has 54 valence electrons. The van der Waals surface area contributed by atoms with Crippen molar-refractivity contribution in [2.24, 2.45) is 0 Å². The Hall–Kier alpha value is -0.440.